The predicted molar refractivity (Wildman–Crippen MR) is 63.9 cm³/mol. The van der Waals surface area contributed by atoms with Crippen molar-refractivity contribution in [3.05, 3.63) is 0 Å². The summed E-state index contributed by atoms with van der Waals surface area (Å²) in [7, 11) is 0. The van der Waals surface area contributed by atoms with Crippen LogP contribution in [-0.4, -0.2) is 43.3 Å². The highest BCUT2D eigenvalue weighted by molar-refractivity contribution is 4.79. The van der Waals surface area contributed by atoms with Crippen molar-refractivity contribution >= 4 is 0 Å². The fraction of sp³-hybridized carbons (Fsp3) is 1.00. The summed E-state index contributed by atoms with van der Waals surface area (Å²) in [6, 6.07) is 0.910. The van der Waals surface area contributed by atoms with Gasteiger partial charge in [0.25, 0.3) is 0 Å². The molecule has 2 unspecified atom stereocenters. The number of ether oxygens (including phenoxy) is 1. The molecule has 3 nitrogen and oxygen atoms in total. The third kappa shape index (κ3) is 4.09. The van der Waals surface area contributed by atoms with Crippen LogP contribution in [0.5, 0.6) is 0 Å². The zero-order chi connectivity index (χ0) is 11.3. The summed E-state index contributed by atoms with van der Waals surface area (Å²) in [6.45, 7) is 10.5. The monoisotopic (exact) mass is 214 g/mol. The van der Waals surface area contributed by atoms with E-state index in [1.807, 2.05) is 0 Å². The highest BCUT2D eigenvalue weighted by atomic mass is 16.5. The first kappa shape index (κ1) is 12.9. The summed E-state index contributed by atoms with van der Waals surface area (Å²) in [5.74, 6) is 0.723. The van der Waals surface area contributed by atoms with Crippen LogP contribution in [0.25, 0.3) is 0 Å². The van der Waals surface area contributed by atoms with Gasteiger partial charge in [0, 0.05) is 18.7 Å². The molecule has 0 amide bonds. The van der Waals surface area contributed by atoms with Gasteiger partial charge < -0.3 is 10.5 Å². The Morgan fingerprint density at radius 1 is 1.33 bits per heavy atom. The fourth-order valence-corrected chi connectivity index (χ4v) is 2.28. The second-order valence-corrected chi connectivity index (χ2v) is 4.74. The molecule has 1 aliphatic rings. The smallest absolute Gasteiger partial charge is 0.0618 e. The van der Waals surface area contributed by atoms with Crippen LogP contribution in [0.2, 0.25) is 0 Å². The molecule has 0 aromatic rings. The first-order valence-corrected chi connectivity index (χ1v) is 6.22. The van der Waals surface area contributed by atoms with Crippen LogP contribution in [0, 0.1) is 5.92 Å². The topological polar surface area (TPSA) is 38.5 Å². The minimum absolute atomic E-state index is 0.356. The van der Waals surface area contributed by atoms with Gasteiger partial charge in [0.15, 0.2) is 0 Å². The van der Waals surface area contributed by atoms with E-state index in [4.69, 9.17) is 10.5 Å². The van der Waals surface area contributed by atoms with Gasteiger partial charge in [-0.3, -0.25) is 4.90 Å². The van der Waals surface area contributed by atoms with Crippen molar-refractivity contribution in [2.45, 2.75) is 45.7 Å². The third-order valence-electron chi connectivity index (χ3n) is 3.50. The first-order valence-electron chi connectivity index (χ1n) is 6.22. The van der Waals surface area contributed by atoms with Crippen LogP contribution < -0.4 is 5.73 Å². The molecule has 0 aliphatic carbocycles. The number of likely N-dealkylation sites (tertiary alicyclic amines) is 1. The van der Waals surface area contributed by atoms with E-state index in [2.05, 4.69) is 25.7 Å². The summed E-state index contributed by atoms with van der Waals surface area (Å²) in [4.78, 5) is 2.52. The molecule has 15 heavy (non-hydrogen) atoms. The molecule has 0 radical (unpaired) electrons. The second-order valence-electron chi connectivity index (χ2n) is 4.74. The number of nitrogens with zero attached hydrogens (tertiary/aromatic N) is 1. The number of rotatable bonds is 5. The average Bonchev–Trinajstić information content (AvgIpc) is 2.26. The molecule has 0 spiro atoms. The Bertz CT molecular complexity index is 165. The number of piperidine rings is 1. The Hall–Kier alpha value is -0.120. The minimum atomic E-state index is 0.356. The quantitative estimate of drug-likeness (QED) is 0.753. The highest BCUT2D eigenvalue weighted by Gasteiger charge is 2.24. The van der Waals surface area contributed by atoms with Gasteiger partial charge in [-0.2, -0.15) is 0 Å². The van der Waals surface area contributed by atoms with Gasteiger partial charge in [0.05, 0.1) is 6.61 Å². The molecule has 90 valence electrons. The van der Waals surface area contributed by atoms with E-state index in [-0.39, 0.29) is 0 Å². The van der Waals surface area contributed by atoms with Crippen LogP contribution >= 0.6 is 0 Å². The Morgan fingerprint density at radius 3 is 2.40 bits per heavy atom. The molecule has 3 heteroatoms. The lowest BCUT2D eigenvalue weighted by molar-refractivity contribution is 0.0525. The number of hydrogen-bond donors (Lipinski definition) is 1. The maximum atomic E-state index is 5.93. The second kappa shape index (κ2) is 6.46. The van der Waals surface area contributed by atoms with Crippen LogP contribution in [0.4, 0.5) is 0 Å². The molecule has 0 bridgehead atoms. The van der Waals surface area contributed by atoms with Crippen molar-refractivity contribution in [3.8, 4) is 0 Å². The van der Waals surface area contributed by atoms with E-state index >= 15 is 0 Å². The van der Waals surface area contributed by atoms with Crippen molar-refractivity contribution in [1.82, 2.24) is 4.90 Å². The Kier molecular flexibility index (Phi) is 5.58. The molecule has 2 N–H and O–H groups in total. The lowest BCUT2D eigenvalue weighted by atomic mass is 9.90. The van der Waals surface area contributed by atoms with Crippen LogP contribution in [-0.2, 0) is 4.74 Å². The summed E-state index contributed by atoms with van der Waals surface area (Å²) in [5, 5.41) is 0. The molecular weight excluding hydrogens is 188 g/mol. The summed E-state index contributed by atoms with van der Waals surface area (Å²) >= 11 is 0. The Labute approximate surface area is 94.0 Å². The molecule has 1 saturated heterocycles. The van der Waals surface area contributed by atoms with Crippen molar-refractivity contribution < 1.29 is 4.74 Å². The number of hydrogen-bond acceptors (Lipinski definition) is 3. The van der Waals surface area contributed by atoms with Crippen molar-refractivity contribution in [1.29, 1.82) is 0 Å². The van der Waals surface area contributed by atoms with Crippen molar-refractivity contribution in [3.63, 3.8) is 0 Å². The van der Waals surface area contributed by atoms with Gasteiger partial charge >= 0.3 is 0 Å². The molecule has 1 heterocycles. The zero-order valence-corrected chi connectivity index (χ0v) is 10.4. The van der Waals surface area contributed by atoms with Crippen molar-refractivity contribution in [2.75, 3.05) is 26.3 Å². The summed E-state index contributed by atoms with van der Waals surface area (Å²) in [5.41, 5.74) is 5.93. The molecule has 2 atom stereocenters. The lowest BCUT2D eigenvalue weighted by Gasteiger charge is -2.37. The van der Waals surface area contributed by atoms with E-state index in [1.54, 1.807) is 0 Å². The average molecular weight is 214 g/mol. The molecule has 1 rings (SSSR count). The minimum Gasteiger partial charge on any atom is -0.380 e. The Morgan fingerprint density at radius 2 is 1.93 bits per heavy atom. The molecule has 0 aromatic carbocycles. The van der Waals surface area contributed by atoms with Gasteiger partial charge in [0.1, 0.15) is 0 Å². The van der Waals surface area contributed by atoms with Gasteiger partial charge in [0.2, 0.25) is 0 Å². The summed E-state index contributed by atoms with van der Waals surface area (Å²) < 4.78 is 5.46. The normalized spacial score (nSPS) is 24.0. The van der Waals surface area contributed by atoms with E-state index in [9.17, 15) is 0 Å². The molecule has 0 saturated carbocycles. The van der Waals surface area contributed by atoms with E-state index in [1.165, 1.54) is 25.9 Å². The molecule has 1 fully saturated rings. The maximum absolute atomic E-state index is 5.93. The maximum Gasteiger partial charge on any atom is 0.0618 e. The zero-order valence-electron chi connectivity index (χ0n) is 10.4. The molecule has 0 aromatic heterocycles. The molecular formula is C12H26N2O. The van der Waals surface area contributed by atoms with E-state index < -0.39 is 0 Å². The van der Waals surface area contributed by atoms with Gasteiger partial charge in [-0.1, -0.05) is 0 Å². The summed E-state index contributed by atoms with van der Waals surface area (Å²) in [6.07, 6.45) is 2.49. The predicted octanol–water partition coefficient (Wildman–Crippen LogP) is 1.47. The van der Waals surface area contributed by atoms with Crippen LogP contribution in [0.1, 0.15) is 33.6 Å². The van der Waals surface area contributed by atoms with Gasteiger partial charge in [-0.15, -0.1) is 0 Å². The van der Waals surface area contributed by atoms with Crippen molar-refractivity contribution in [2.24, 2.45) is 11.7 Å². The fourth-order valence-electron chi connectivity index (χ4n) is 2.28. The van der Waals surface area contributed by atoms with Gasteiger partial charge in [-0.25, -0.2) is 0 Å². The van der Waals surface area contributed by atoms with Gasteiger partial charge in [-0.05, 0) is 52.6 Å². The van der Waals surface area contributed by atoms with E-state index in [0.29, 0.717) is 12.1 Å². The highest BCUT2D eigenvalue weighted by Crippen LogP contribution is 2.20. The Balaban J connectivity index is 2.24. The van der Waals surface area contributed by atoms with Crippen LogP contribution in [0.15, 0.2) is 0 Å². The molecule has 1 aliphatic heterocycles. The standard InChI is InChI=1S/C12H26N2O/c1-4-15-9-10(2)14-7-5-12(6-8-14)11(3)13/h10-12H,4-9,13H2,1-3H3. The first-order chi connectivity index (χ1) is 7.15. The largest absolute Gasteiger partial charge is 0.380 e. The SMILES string of the molecule is CCOCC(C)N1CCC(C(C)N)CC1. The third-order valence-corrected chi connectivity index (χ3v) is 3.50. The van der Waals surface area contributed by atoms with E-state index in [0.717, 1.165) is 19.1 Å². The lowest BCUT2D eigenvalue weighted by Crippen LogP contribution is -2.45. The van der Waals surface area contributed by atoms with Crippen LogP contribution in [0.3, 0.4) is 0 Å². The number of nitrogens with two attached hydrogens (primary N) is 1.